The number of hydrogen-bond donors (Lipinski definition) is 0. The number of ketones is 1. The van der Waals surface area contributed by atoms with E-state index in [-0.39, 0.29) is 11.7 Å². The zero-order valence-electron chi connectivity index (χ0n) is 10.3. The van der Waals surface area contributed by atoms with E-state index in [9.17, 15) is 4.79 Å². The maximum Gasteiger partial charge on any atom is 0.189 e. The van der Waals surface area contributed by atoms with Crippen molar-refractivity contribution < 1.29 is 4.79 Å². The number of allylic oxidation sites excluding steroid dienone is 6. The van der Waals surface area contributed by atoms with Crippen molar-refractivity contribution in [3.63, 3.8) is 0 Å². The van der Waals surface area contributed by atoms with E-state index in [0.29, 0.717) is 5.92 Å². The van der Waals surface area contributed by atoms with Gasteiger partial charge in [0.2, 0.25) is 0 Å². The summed E-state index contributed by atoms with van der Waals surface area (Å²) >= 11 is 0. The van der Waals surface area contributed by atoms with E-state index >= 15 is 0 Å². The number of Topliss-reactive ketones (excluding diaryl/α,β-unsaturated/α-hetero) is 1. The maximum absolute atomic E-state index is 12.5. The van der Waals surface area contributed by atoms with Gasteiger partial charge in [0.25, 0.3) is 0 Å². The quantitative estimate of drug-likeness (QED) is 0.711. The molecule has 18 heavy (non-hydrogen) atoms. The molecule has 1 nitrogen and oxygen atoms in total. The van der Waals surface area contributed by atoms with Crippen LogP contribution in [0.25, 0.3) is 0 Å². The summed E-state index contributed by atoms with van der Waals surface area (Å²) in [5, 5.41) is 0. The van der Waals surface area contributed by atoms with Crippen LogP contribution < -0.4 is 0 Å². The summed E-state index contributed by atoms with van der Waals surface area (Å²) in [5.74, 6) is 0.962. The minimum atomic E-state index is 0.185. The largest absolute Gasteiger partial charge is 0.289 e. The molecule has 1 aromatic carbocycles. The zero-order chi connectivity index (χ0) is 12.4. The fourth-order valence-electron chi connectivity index (χ4n) is 2.83. The van der Waals surface area contributed by atoms with Crippen LogP contribution >= 0.6 is 0 Å². The number of carbonyl (C=O) groups is 1. The van der Waals surface area contributed by atoms with Gasteiger partial charge in [-0.1, -0.05) is 60.7 Å². The highest BCUT2D eigenvalue weighted by Crippen LogP contribution is 2.36. The Morgan fingerprint density at radius 3 is 2.67 bits per heavy atom. The third kappa shape index (κ3) is 1.97. The van der Waals surface area contributed by atoms with Gasteiger partial charge in [-0.15, -0.1) is 0 Å². The van der Waals surface area contributed by atoms with E-state index in [0.717, 1.165) is 24.0 Å². The monoisotopic (exact) mass is 236 g/mol. The van der Waals surface area contributed by atoms with Crippen LogP contribution in [0.15, 0.2) is 66.3 Å². The first kappa shape index (κ1) is 11.2. The molecular formula is C17H16O. The van der Waals surface area contributed by atoms with Crippen molar-refractivity contribution >= 4 is 5.78 Å². The van der Waals surface area contributed by atoms with E-state index in [4.69, 9.17) is 0 Å². The number of fused-ring (bicyclic) bond motifs is 1. The standard InChI is InChI=1S/C17H16O/c18-17(14-8-2-1-3-9-14)16-12-6-10-13-7-4-5-11-15(13)16/h1-5,7-9,11-13,15H,6,10H2. The van der Waals surface area contributed by atoms with E-state index in [1.54, 1.807) is 0 Å². The minimum absolute atomic E-state index is 0.185. The first-order valence-corrected chi connectivity index (χ1v) is 6.51. The number of carbonyl (C=O) groups excluding carboxylic acids is 1. The van der Waals surface area contributed by atoms with Crippen LogP contribution in [0.2, 0.25) is 0 Å². The summed E-state index contributed by atoms with van der Waals surface area (Å²) in [6.07, 6.45) is 12.8. The Morgan fingerprint density at radius 2 is 1.83 bits per heavy atom. The zero-order valence-corrected chi connectivity index (χ0v) is 10.3. The highest BCUT2D eigenvalue weighted by atomic mass is 16.1. The third-order valence-corrected chi connectivity index (χ3v) is 3.77. The third-order valence-electron chi connectivity index (χ3n) is 3.77. The van der Waals surface area contributed by atoms with Crippen LogP contribution in [0.3, 0.4) is 0 Å². The van der Waals surface area contributed by atoms with Crippen molar-refractivity contribution in [1.82, 2.24) is 0 Å². The van der Waals surface area contributed by atoms with Crippen LogP contribution in [0, 0.1) is 11.8 Å². The molecule has 0 radical (unpaired) electrons. The van der Waals surface area contributed by atoms with Crippen LogP contribution in [-0.4, -0.2) is 5.78 Å². The fourth-order valence-corrected chi connectivity index (χ4v) is 2.83. The molecule has 3 rings (SSSR count). The van der Waals surface area contributed by atoms with Gasteiger partial charge in [0.15, 0.2) is 5.78 Å². The molecule has 90 valence electrons. The second-order valence-corrected chi connectivity index (χ2v) is 4.89. The van der Waals surface area contributed by atoms with Crippen molar-refractivity contribution in [2.24, 2.45) is 11.8 Å². The van der Waals surface area contributed by atoms with E-state index in [1.807, 2.05) is 30.3 Å². The Morgan fingerprint density at radius 1 is 1.06 bits per heavy atom. The predicted molar refractivity (Wildman–Crippen MR) is 73.3 cm³/mol. The molecule has 0 spiro atoms. The van der Waals surface area contributed by atoms with Gasteiger partial charge in [-0.3, -0.25) is 4.79 Å². The molecule has 0 heterocycles. The topological polar surface area (TPSA) is 17.1 Å². The van der Waals surface area contributed by atoms with Crippen LogP contribution in [0.4, 0.5) is 0 Å². The molecule has 2 aliphatic rings. The van der Waals surface area contributed by atoms with Crippen molar-refractivity contribution in [3.05, 3.63) is 71.8 Å². The van der Waals surface area contributed by atoms with Crippen molar-refractivity contribution in [2.75, 3.05) is 0 Å². The van der Waals surface area contributed by atoms with Crippen molar-refractivity contribution in [2.45, 2.75) is 12.8 Å². The van der Waals surface area contributed by atoms with E-state index in [1.165, 1.54) is 0 Å². The van der Waals surface area contributed by atoms with Gasteiger partial charge >= 0.3 is 0 Å². The molecule has 0 aliphatic heterocycles. The molecule has 0 saturated heterocycles. The summed E-state index contributed by atoms with van der Waals surface area (Å²) < 4.78 is 0. The summed E-state index contributed by atoms with van der Waals surface area (Å²) in [7, 11) is 0. The number of hydrogen-bond acceptors (Lipinski definition) is 1. The molecule has 0 saturated carbocycles. The smallest absolute Gasteiger partial charge is 0.189 e. The Kier molecular flexibility index (Phi) is 2.97. The molecule has 2 atom stereocenters. The fraction of sp³-hybridized carbons (Fsp3) is 0.235. The van der Waals surface area contributed by atoms with Gasteiger partial charge in [-0.25, -0.2) is 0 Å². The highest BCUT2D eigenvalue weighted by Gasteiger charge is 2.29. The molecule has 1 aromatic rings. The Balaban J connectivity index is 1.92. The highest BCUT2D eigenvalue weighted by molar-refractivity contribution is 6.09. The summed E-state index contributed by atoms with van der Waals surface area (Å²) in [5.41, 5.74) is 1.77. The molecule has 0 N–H and O–H groups in total. The average Bonchev–Trinajstić information content (AvgIpc) is 2.47. The van der Waals surface area contributed by atoms with E-state index in [2.05, 4.69) is 30.4 Å². The van der Waals surface area contributed by atoms with Crippen molar-refractivity contribution in [1.29, 1.82) is 0 Å². The predicted octanol–water partition coefficient (Wildman–Crippen LogP) is 3.95. The lowest BCUT2D eigenvalue weighted by molar-refractivity contribution is 0.101. The molecular weight excluding hydrogens is 220 g/mol. The van der Waals surface area contributed by atoms with Crippen LogP contribution in [0.1, 0.15) is 23.2 Å². The second-order valence-electron chi connectivity index (χ2n) is 4.89. The molecule has 1 heteroatoms. The Labute approximate surface area is 108 Å². The van der Waals surface area contributed by atoms with Gasteiger partial charge in [0.05, 0.1) is 0 Å². The van der Waals surface area contributed by atoms with E-state index < -0.39 is 0 Å². The number of benzene rings is 1. The van der Waals surface area contributed by atoms with Crippen LogP contribution in [-0.2, 0) is 0 Å². The van der Waals surface area contributed by atoms with Crippen molar-refractivity contribution in [3.8, 4) is 0 Å². The van der Waals surface area contributed by atoms with Crippen LogP contribution in [0.5, 0.6) is 0 Å². The molecule has 0 bridgehead atoms. The first-order valence-electron chi connectivity index (χ1n) is 6.51. The van der Waals surface area contributed by atoms with Gasteiger partial charge in [-0.05, 0) is 18.8 Å². The lowest BCUT2D eigenvalue weighted by Crippen LogP contribution is -2.23. The molecule has 2 unspecified atom stereocenters. The number of rotatable bonds is 2. The van der Waals surface area contributed by atoms with Gasteiger partial charge in [0.1, 0.15) is 0 Å². The Hall–Kier alpha value is -1.89. The second kappa shape index (κ2) is 4.77. The van der Waals surface area contributed by atoms with Gasteiger partial charge in [0, 0.05) is 17.1 Å². The molecule has 0 fully saturated rings. The molecule has 0 aromatic heterocycles. The maximum atomic E-state index is 12.5. The normalized spacial score (nSPS) is 25.4. The SMILES string of the molecule is O=C(C1=CCCC2C=CC=CC12)c1ccccc1. The van der Waals surface area contributed by atoms with Gasteiger partial charge < -0.3 is 0 Å². The molecule has 2 aliphatic carbocycles. The minimum Gasteiger partial charge on any atom is -0.289 e. The summed E-state index contributed by atoms with van der Waals surface area (Å²) in [6.45, 7) is 0. The lowest BCUT2D eigenvalue weighted by atomic mass is 9.74. The first-order chi connectivity index (χ1) is 8.86. The van der Waals surface area contributed by atoms with Gasteiger partial charge in [-0.2, -0.15) is 0 Å². The lowest BCUT2D eigenvalue weighted by Gasteiger charge is -2.29. The summed E-state index contributed by atoms with van der Waals surface area (Å²) in [6, 6.07) is 9.58. The summed E-state index contributed by atoms with van der Waals surface area (Å²) in [4.78, 5) is 12.5. The Bertz CT molecular complexity index is 534. The average molecular weight is 236 g/mol. The molecule has 0 amide bonds.